The van der Waals surface area contributed by atoms with E-state index in [0.717, 1.165) is 27.6 Å². The molecule has 0 radical (unpaired) electrons. The van der Waals surface area contributed by atoms with Crippen LogP contribution in [-0.2, 0) is 0 Å². The van der Waals surface area contributed by atoms with Gasteiger partial charge in [0.15, 0.2) is 0 Å². The number of nitrogens with zero attached hydrogens (tertiary/aromatic N) is 1. The topological polar surface area (TPSA) is 69.2 Å². The Morgan fingerprint density at radius 2 is 1.61 bits per heavy atom. The fourth-order valence-electron chi connectivity index (χ4n) is 3.07. The molecule has 0 saturated carbocycles. The van der Waals surface area contributed by atoms with E-state index >= 15 is 0 Å². The normalized spacial score (nSPS) is 10.9. The quantitative estimate of drug-likeness (QED) is 0.521. The molecule has 0 aromatic heterocycles. The first kappa shape index (κ1) is 19.2. The molecule has 0 aliphatic heterocycles. The van der Waals surface area contributed by atoms with Crippen molar-refractivity contribution in [1.82, 2.24) is 5.43 Å². The lowest BCUT2D eigenvalue weighted by Crippen LogP contribution is -2.18. The summed E-state index contributed by atoms with van der Waals surface area (Å²) in [5, 5.41) is 6.02. The number of ether oxygens (including phenoxy) is 3. The highest BCUT2D eigenvalue weighted by Gasteiger charge is 2.14. The molecule has 0 saturated heterocycles. The van der Waals surface area contributed by atoms with Gasteiger partial charge in [0.05, 0.1) is 33.1 Å². The van der Waals surface area contributed by atoms with Crippen LogP contribution in [0.5, 0.6) is 17.2 Å². The van der Waals surface area contributed by atoms with Gasteiger partial charge >= 0.3 is 0 Å². The lowest BCUT2D eigenvalue weighted by Gasteiger charge is -2.12. The lowest BCUT2D eigenvalue weighted by molar-refractivity contribution is 0.0952. The van der Waals surface area contributed by atoms with Crippen molar-refractivity contribution < 1.29 is 19.0 Å². The van der Waals surface area contributed by atoms with E-state index in [1.165, 1.54) is 13.3 Å². The summed E-state index contributed by atoms with van der Waals surface area (Å²) in [6.45, 7) is 1.90. The van der Waals surface area contributed by atoms with E-state index < -0.39 is 0 Å². The van der Waals surface area contributed by atoms with E-state index in [-0.39, 0.29) is 5.91 Å². The van der Waals surface area contributed by atoms with E-state index in [9.17, 15) is 4.79 Å². The van der Waals surface area contributed by atoms with Crippen LogP contribution in [0.4, 0.5) is 0 Å². The van der Waals surface area contributed by atoms with E-state index in [1.807, 2.05) is 49.4 Å². The van der Waals surface area contributed by atoms with Gasteiger partial charge in [-0.2, -0.15) is 5.10 Å². The molecule has 0 aliphatic rings. The van der Waals surface area contributed by atoms with Gasteiger partial charge in [0, 0.05) is 11.1 Å². The molecule has 1 amide bonds. The first-order valence-electron chi connectivity index (χ1n) is 8.70. The molecule has 28 heavy (non-hydrogen) atoms. The van der Waals surface area contributed by atoms with E-state index in [0.29, 0.717) is 17.1 Å². The first-order valence-corrected chi connectivity index (χ1v) is 8.70. The number of hydrazone groups is 1. The van der Waals surface area contributed by atoms with Crippen LogP contribution < -0.4 is 19.6 Å². The Kier molecular flexibility index (Phi) is 5.79. The fraction of sp³-hybridized carbons (Fsp3) is 0.182. The average molecular weight is 378 g/mol. The highest BCUT2D eigenvalue weighted by Crippen LogP contribution is 2.30. The molecule has 1 N–H and O–H groups in total. The lowest BCUT2D eigenvalue weighted by atomic mass is 10.1. The van der Waals surface area contributed by atoms with E-state index in [2.05, 4.69) is 10.5 Å². The molecule has 3 rings (SSSR count). The molecular formula is C22H22N2O4. The van der Waals surface area contributed by atoms with Crippen molar-refractivity contribution in [2.45, 2.75) is 6.92 Å². The van der Waals surface area contributed by atoms with Gasteiger partial charge in [-0.15, -0.1) is 0 Å². The number of fused-ring (bicyclic) bond motifs is 1. The largest absolute Gasteiger partial charge is 0.496 e. The van der Waals surface area contributed by atoms with Crippen LogP contribution >= 0.6 is 0 Å². The number of rotatable bonds is 6. The van der Waals surface area contributed by atoms with Gasteiger partial charge in [-0.1, -0.05) is 24.3 Å². The molecule has 0 aliphatic carbocycles. The van der Waals surface area contributed by atoms with Crippen molar-refractivity contribution in [2.24, 2.45) is 5.10 Å². The van der Waals surface area contributed by atoms with Gasteiger partial charge in [0.1, 0.15) is 17.2 Å². The highest BCUT2D eigenvalue weighted by atomic mass is 16.5. The Hall–Kier alpha value is -3.54. The van der Waals surface area contributed by atoms with Crippen LogP contribution in [0.2, 0.25) is 0 Å². The molecule has 0 unspecified atom stereocenters. The maximum Gasteiger partial charge on any atom is 0.275 e. The van der Waals surface area contributed by atoms with Crippen molar-refractivity contribution in [3.63, 3.8) is 0 Å². The number of hydrogen-bond donors (Lipinski definition) is 1. The van der Waals surface area contributed by atoms with Crippen LogP contribution in [0.3, 0.4) is 0 Å². The van der Waals surface area contributed by atoms with Crippen molar-refractivity contribution in [3.05, 3.63) is 65.2 Å². The molecule has 0 heterocycles. The zero-order valence-electron chi connectivity index (χ0n) is 16.3. The van der Waals surface area contributed by atoms with Gasteiger partial charge in [-0.3, -0.25) is 4.79 Å². The van der Waals surface area contributed by atoms with Gasteiger partial charge in [-0.05, 0) is 42.0 Å². The Morgan fingerprint density at radius 1 is 0.929 bits per heavy atom. The number of hydrogen-bond acceptors (Lipinski definition) is 5. The monoisotopic (exact) mass is 378 g/mol. The number of nitrogens with one attached hydrogen (secondary N) is 1. The third-order valence-electron chi connectivity index (χ3n) is 4.49. The Bertz CT molecular complexity index is 1040. The summed E-state index contributed by atoms with van der Waals surface area (Å²) >= 11 is 0. The minimum atomic E-state index is -0.358. The summed E-state index contributed by atoms with van der Waals surface area (Å²) in [5.41, 5.74) is 4.55. The zero-order valence-corrected chi connectivity index (χ0v) is 16.3. The summed E-state index contributed by atoms with van der Waals surface area (Å²) in [7, 11) is 4.72. The van der Waals surface area contributed by atoms with Gasteiger partial charge in [0.25, 0.3) is 5.91 Å². The second-order valence-corrected chi connectivity index (χ2v) is 6.11. The molecule has 144 valence electrons. The average Bonchev–Trinajstić information content (AvgIpc) is 2.72. The molecule has 0 fully saturated rings. The molecule has 3 aromatic carbocycles. The molecule has 6 heteroatoms. The van der Waals surface area contributed by atoms with Crippen molar-refractivity contribution in [3.8, 4) is 17.2 Å². The third-order valence-corrected chi connectivity index (χ3v) is 4.49. The van der Waals surface area contributed by atoms with Crippen LogP contribution in [0.1, 0.15) is 21.5 Å². The molecular weight excluding hydrogens is 356 g/mol. The third kappa shape index (κ3) is 3.76. The summed E-state index contributed by atoms with van der Waals surface area (Å²) in [6, 6.07) is 15.0. The Labute approximate surface area is 163 Å². The maximum atomic E-state index is 12.6. The van der Waals surface area contributed by atoms with Gasteiger partial charge in [-0.25, -0.2) is 5.43 Å². The number of carbonyl (C=O) groups excluding carboxylic acids is 1. The summed E-state index contributed by atoms with van der Waals surface area (Å²) in [5.74, 6) is 1.49. The maximum absolute atomic E-state index is 12.6. The molecule has 0 bridgehead atoms. The Balaban J connectivity index is 1.85. The minimum absolute atomic E-state index is 0.358. The number of amides is 1. The number of benzene rings is 3. The molecule has 0 atom stereocenters. The predicted octanol–water partition coefficient (Wildman–Crippen LogP) is 3.94. The van der Waals surface area contributed by atoms with Crippen LogP contribution in [0, 0.1) is 6.92 Å². The second-order valence-electron chi connectivity index (χ2n) is 6.11. The summed E-state index contributed by atoms with van der Waals surface area (Å²) < 4.78 is 16.1. The minimum Gasteiger partial charge on any atom is -0.496 e. The first-order chi connectivity index (χ1) is 13.6. The van der Waals surface area contributed by atoms with E-state index in [4.69, 9.17) is 14.2 Å². The smallest absolute Gasteiger partial charge is 0.275 e. The van der Waals surface area contributed by atoms with Crippen LogP contribution in [0.15, 0.2) is 53.6 Å². The summed E-state index contributed by atoms with van der Waals surface area (Å²) in [6.07, 6.45) is 1.54. The predicted molar refractivity (Wildman–Crippen MR) is 110 cm³/mol. The van der Waals surface area contributed by atoms with Crippen LogP contribution in [-0.4, -0.2) is 33.5 Å². The number of carbonyl (C=O) groups is 1. The van der Waals surface area contributed by atoms with E-state index in [1.54, 1.807) is 20.3 Å². The SMILES string of the molecule is COc1cc2ccccc2cc1C(=O)N/N=C\c1ccc(OC)c(C)c1OC. The van der Waals surface area contributed by atoms with Crippen LogP contribution in [0.25, 0.3) is 10.8 Å². The molecule has 6 nitrogen and oxygen atoms in total. The highest BCUT2D eigenvalue weighted by molar-refractivity contribution is 6.02. The summed E-state index contributed by atoms with van der Waals surface area (Å²) in [4.78, 5) is 12.6. The van der Waals surface area contributed by atoms with Crippen molar-refractivity contribution >= 4 is 22.9 Å². The number of methoxy groups -OCH3 is 3. The van der Waals surface area contributed by atoms with Gasteiger partial charge in [0.2, 0.25) is 0 Å². The van der Waals surface area contributed by atoms with Crippen molar-refractivity contribution in [2.75, 3.05) is 21.3 Å². The Morgan fingerprint density at radius 3 is 2.25 bits per heavy atom. The van der Waals surface area contributed by atoms with Crippen molar-refractivity contribution in [1.29, 1.82) is 0 Å². The second kappa shape index (κ2) is 8.43. The van der Waals surface area contributed by atoms with Gasteiger partial charge < -0.3 is 14.2 Å². The molecule has 3 aromatic rings. The molecule has 0 spiro atoms. The standard InChI is InChI=1S/C22H22N2O4/c1-14-19(26-2)10-9-17(21(14)28-4)13-23-24-22(25)18-11-15-7-5-6-8-16(15)12-20(18)27-3/h5-13H,1-4H3,(H,24,25)/b23-13-. The fourth-order valence-corrected chi connectivity index (χ4v) is 3.07. The zero-order chi connectivity index (χ0) is 20.1.